The summed E-state index contributed by atoms with van der Waals surface area (Å²) in [6.45, 7) is 2.25. The molecule has 2 N–H and O–H groups in total. The van der Waals surface area contributed by atoms with Crippen LogP contribution >= 0.6 is 11.6 Å². The Bertz CT molecular complexity index is 1020. The molecule has 29 heavy (non-hydrogen) atoms. The van der Waals surface area contributed by atoms with Crippen molar-refractivity contribution in [3.63, 3.8) is 0 Å². The van der Waals surface area contributed by atoms with Gasteiger partial charge in [0.2, 0.25) is 0 Å². The van der Waals surface area contributed by atoms with Crippen LogP contribution in [0.5, 0.6) is 0 Å². The molecule has 0 radical (unpaired) electrons. The van der Waals surface area contributed by atoms with Crippen molar-refractivity contribution in [3.05, 3.63) is 94.5 Å². The first kappa shape index (κ1) is 20.4. The van der Waals surface area contributed by atoms with Crippen LogP contribution < -0.4 is 10.6 Å². The molecule has 3 amide bonds. The highest BCUT2D eigenvalue weighted by atomic mass is 35.5. The Morgan fingerprint density at radius 2 is 1.62 bits per heavy atom. The summed E-state index contributed by atoms with van der Waals surface area (Å²) in [6, 6.07) is 21.6. The molecule has 0 bridgehead atoms. The number of halogens is 1. The predicted octanol–water partition coefficient (Wildman–Crippen LogP) is 5.56. The Hall–Kier alpha value is -3.31. The molecule has 3 rings (SSSR count). The molecular formula is C23H22ClN3O2. The maximum absolute atomic E-state index is 12.6. The number of carbonyl (C=O) groups is 2. The molecule has 0 saturated heterocycles. The fourth-order valence-corrected chi connectivity index (χ4v) is 2.98. The molecule has 0 aliphatic rings. The number of amides is 3. The van der Waals surface area contributed by atoms with Crippen molar-refractivity contribution in [1.29, 1.82) is 0 Å². The van der Waals surface area contributed by atoms with Gasteiger partial charge in [-0.05, 0) is 48.4 Å². The topological polar surface area (TPSA) is 61.4 Å². The normalized spacial score (nSPS) is 10.3. The molecular weight excluding hydrogens is 386 g/mol. The van der Waals surface area contributed by atoms with Gasteiger partial charge in [-0.2, -0.15) is 0 Å². The number of nitrogens with zero attached hydrogens (tertiary/aromatic N) is 1. The average molecular weight is 408 g/mol. The van der Waals surface area contributed by atoms with E-state index in [9.17, 15) is 9.59 Å². The second-order valence-electron chi connectivity index (χ2n) is 6.73. The van der Waals surface area contributed by atoms with E-state index in [1.54, 1.807) is 25.2 Å². The Morgan fingerprint density at radius 1 is 0.931 bits per heavy atom. The molecule has 3 aromatic carbocycles. The Kier molecular flexibility index (Phi) is 6.52. The third-order valence-corrected chi connectivity index (χ3v) is 4.85. The lowest BCUT2D eigenvalue weighted by molar-refractivity contribution is 0.102. The van der Waals surface area contributed by atoms with Gasteiger partial charge in [-0.1, -0.05) is 54.1 Å². The zero-order chi connectivity index (χ0) is 20.8. The molecule has 0 aliphatic carbocycles. The van der Waals surface area contributed by atoms with E-state index >= 15 is 0 Å². The number of hydrogen-bond donors (Lipinski definition) is 2. The van der Waals surface area contributed by atoms with Gasteiger partial charge in [0.05, 0.1) is 0 Å². The fourth-order valence-electron chi connectivity index (χ4n) is 2.79. The van der Waals surface area contributed by atoms with Crippen molar-refractivity contribution >= 4 is 34.9 Å². The van der Waals surface area contributed by atoms with E-state index in [1.807, 2.05) is 61.5 Å². The lowest BCUT2D eigenvalue weighted by Crippen LogP contribution is -2.31. The molecule has 0 spiro atoms. The van der Waals surface area contributed by atoms with Gasteiger partial charge in [0, 0.05) is 35.6 Å². The van der Waals surface area contributed by atoms with Gasteiger partial charge in [-0.25, -0.2) is 4.79 Å². The summed E-state index contributed by atoms with van der Waals surface area (Å²) in [5.41, 5.74) is 3.48. The van der Waals surface area contributed by atoms with Crippen molar-refractivity contribution in [1.82, 2.24) is 4.90 Å². The van der Waals surface area contributed by atoms with Gasteiger partial charge >= 0.3 is 6.03 Å². The quantitative estimate of drug-likeness (QED) is 0.581. The first-order valence-corrected chi connectivity index (χ1v) is 9.54. The molecule has 148 valence electrons. The van der Waals surface area contributed by atoms with Crippen molar-refractivity contribution < 1.29 is 9.59 Å². The van der Waals surface area contributed by atoms with E-state index in [-0.39, 0.29) is 11.9 Å². The molecule has 0 aliphatic heterocycles. The van der Waals surface area contributed by atoms with Crippen LogP contribution in [-0.4, -0.2) is 23.9 Å². The molecule has 0 atom stereocenters. The standard InChI is InChI=1S/C23H22ClN3O2/c1-16-12-13-17(22(28)25-19-9-4-3-5-10-19)14-21(16)26-23(29)27(2)15-18-8-6-7-11-20(18)24/h3-14H,15H2,1-2H3,(H,25,28)(H,26,29). The number of aryl methyl sites for hydroxylation is 1. The van der Waals surface area contributed by atoms with Gasteiger partial charge in [0.15, 0.2) is 0 Å². The van der Waals surface area contributed by atoms with E-state index in [4.69, 9.17) is 11.6 Å². The van der Waals surface area contributed by atoms with Gasteiger partial charge in [-0.3, -0.25) is 4.79 Å². The molecule has 0 unspecified atom stereocenters. The van der Waals surface area contributed by atoms with Crippen LogP contribution in [0.2, 0.25) is 5.02 Å². The van der Waals surface area contributed by atoms with Crippen LogP contribution in [0.15, 0.2) is 72.8 Å². The smallest absolute Gasteiger partial charge is 0.321 e. The minimum Gasteiger partial charge on any atom is -0.323 e. The molecule has 5 nitrogen and oxygen atoms in total. The number of benzene rings is 3. The second-order valence-corrected chi connectivity index (χ2v) is 7.13. The van der Waals surface area contributed by atoms with E-state index in [2.05, 4.69) is 10.6 Å². The molecule has 0 saturated carbocycles. The number of hydrogen-bond acceptors (Lipinski definition) is 2. The van der Waals surface area contributed by atoms with Crippen molar-refractivity contribution in [2.45, 2.75) is 13.5 Å². The SMILES string of the molecule is Cc1ccc(C(=O)Nc2ccccc2)cc1NC(=O)N(C)Cc1ccccc1Cl. The van der Waals surface area contributed by atoms with Crippen LogP contribution in [0.1, 0.15) is 21.5 Å². The predicted molar refractivity (Wildman–Crippen MR) is 118 cm³/mol. The van der Waals surface area contributed by atoms with E-state index in [0.29, 0.717) is 28.5 Å². The van der Waals surface area contributed by atoms with E-state index in [1.165, 1.54) is 4.90 Å². The summed E-state index contributed by atoms with van der Waals surface area (Å²) in [7, 11) is 1.69. The third kappa shape index (κ3) is 5.36. The summed E-state index contributed by atoms with van der Waals surface area (Å²) in [5, 5.41) is 6.33. The largest absolute Gasteiger partial charge is 0.323 e. The van der Waals surface area contributed by atoms with Gasteiger partial charge in [0.1, 0.15) is 0 Å². The van der Waals surface area contributed by atoms with Crippen molar-refractivity contribution in [2.24, 2.45) is 0 Å². The summed E-state index contributed by atoms with van der Waals surface area (Å²) in [4.78, 5) is 26.7. The van der Waals surface area contributed by atoms with Crippen LogP contribution in [-0.2, 0) is 6.54 Å². The summed E-state index contributed by atoms with van der Waals surface area (Å²) in [5.74, 6) is -0.240. The molecule has 0 fully saturated rings. The Labute approximate surface area is 175 Å². The molecule has 0 aromatic heterocycles. The van der Waals surface area contributed by atoms with Gasteiger partial charge < -0.3 is 15.5 Å². The lowest BCUT2D eigenvalue weighted by Gasteiger charge is -2.20. The highest BCUT2D eigenvalue weighted by molar-refractivity contribution is 6.31. The highest BCUT2D eigenvalue weighted by Gasteiger charge is 2.14. The minimum absolute atomic E-state index is 0.240. The van der Waals surface area contributed by atoms with Crippen LogP contribution in [0.3, 0.4) is 0 Å². The Balaban J connectivity index is 1.70. The first-order valence-electron chi connectivity index (χ1n) is 9.16. The molecule has 0 heterocycles. The number of anilines is 2. The number of rotatable bonds is 5. The summed E-state index contributed by atoms with van der Waals surface area (Å²) >= 11 is 6.18. The van der Waals surface area contributed by atoms with Gasteiger partial charge in [-0.15, -0.1) is 0 Å². The van der Waals surface area contributed by atoms with E-state index in [0.717, 1.165) is 11.1 Å². The maximum atomic E-state index is 12.6. The van der Waals surface area contributed by atoms with Crippen molar-refractivity contribution in [3.8, 4) is 0 Å². The van der Waals surface area contributed by atoms with Crippen LogP contribution in [0.4, 0.5) is 16.2 Å². The van der Waals surface area contributed by atoms with Crippen LogP contribution in [0.25, 0.3) is 0 Å². The van der Waals surface area contributed by atoms with E-state index < -0.39 is 0 Å². The maximum Gasteiger partial charge on any atom is 0.321 e. The number of para-hydroxylation sites is 1. The summed E-state index contributed by atoms with van der Waals surface area (Å²) in [6.07, 6.45) is 0. The highest BCUT2D eigenvalue weighted by Crippen LogP contribution is 2.20. The fraction of sp³-hybridized carbons (Fsp3) is 0.130. The van der Waals surface area contributed by atoms with Crippen LogP contribution in [0, 0.1) is 6.92 Å². The van der Waals surface area contributed by atoms with Crippen molar-refractivity contribution in [2.75, 3.05) is 17.7 Å². The first-order chi connectivity index (χ1) is 13.9. The van der Waals surface area contributed by atoms with Gasteiger partial charge in [0.25, 0.3) is 5.91 Å². The zero-order valence-electron chi connectivity index (χ0n) is 16.3. The Morgan fingerprint density at radius 3 is 2.34 bits per heavy atom. The lowest BCUT2D eigenvalue weighted by atomic mass is 10.1. The average Bonchev–Trinajstić information content (AvgIpc) is 2.72. The third-order valence-electron chi connectivity index (χ3n) is 4.49. The number of nitrogens with one attached hydrogen (secondary N) is 2. The summed E-state index contributed by atoms with van der Waals surface area (Å²) < 4.78 is 0. The number of carbonyl (C=O) groups excluding carboxylic acids is 2. The monoisotopic (exact) mass is 407 g/mol. The number of urea groups is 1. The molecule has 3 aromatic rings. The second kappa shape index (κ2) is 9.26. The minimum atomic E-state index is -0.284. The molecule has 6 heteroatoms. The zero-order valence-corrected chi connectivity index (χ0v) is 17.0.